The maximum absolute atomic E-state index is 5.76. The lowest BCUT2D eigenvalue weighted by molar-refractivity contribution is 0.187. The lowest BCUT2D eigenvalue weighted by Gasteiger charge is -2.32. The van der Waals surface area contributed by atoms with Crippen LogP contribution in [-0.4, -0.2) is 44.3 Å². The number of ether oxygens (including phenoxy) is 2. The molecule has 0 saturated carbocycles. The molecule has 4 heteroatoms. The average molecular weight is 276 g/mol. The second kappa shape index (κ2) is 6.46. The molecule has 3 rings (SSSR count). The van der Waals surface area contributed by atoms with E-state index in [1.165, 1.54) is 24.9 Å². The summed E-state index contributed by atoms with van der Waals surface area (Å²) in [5, 5.41) is 3.39. The van der Waals surface area contributed by atoms with E-state index in [2.05, 4.69) is 35.5 Å². The summed E-state index contributed by atoms with van der Waals surface area (Å²) < 4.78 is 11.4. The Morgan fingerprint density at radius 1 is 1.20 bits per heavy atom. The highest BCUT2D eigenvalue weighted by Gasteiger charge is 2.19. The number of fused-ring (bicyclic) bond motifs is 1. The second-order valence-electron chi connectivity index (χ2n) is 5.69. The SMILES string of the molecule is CNC1CCCN(Cc2ccc3c(c2)OCCCO3)C1. The predicted molar refractivity (Wildman–Crippen MR) is 79.4 cm³/mol. The normalized spacial score (nSPS) is 23.4. The Kier molecular flexibility index (Phi) is 4.43. The fourth-order valence-corrected chi connectivity index (χ4v) is 3.00. The van der Waals surface area contributed by atoms with Gasteiger partial charge in [-0.3, -0.25) is 4.90 Å². The quantitative estimate of drug-likeness (QED) is 0.916. The molecule has 0 radical (unpaired) electrons. The van der Waals surface area contributed by atoms with Crippen molar-refractivity contribution in [2.45, 2.75) is 31.8 Å². The van der Waals surface area contributed by atoms with Crippen LogP contribution in [0.15, 0.2) is 18.2 Å². The van der Waals surface area contributed by atoms with Gasteiger partial charge in [0.1, 0.15) is 0 Å². The maximum atomic E-state index is 5.76. The van der Waals surface area contributed by atoms with Gasteiger partial charge in [-0.25, -0.2) is 0 Å². The molecule has 110 valence electrons. The lowest BCUT2D eigenvalue weighted by atomic mass is 10.0. The summed E-state index contributed by atoms with van der Waals surface area (Å²) in [6, 6.07) is 6.99. The summed E-state index contributed by atoms with van der Waals surface area (Å²) in [5.74, 6) is 1.79. The standard InChI is InChI=1S/C16H24N2O2/c1-17-14-4-2-7-18(12-14)11-13-5-6-15-16(10-13)20-9-3-8-19-15/h5-6,10,14,17H,2-4,7-9,11-12H2,1H3. The predicted octanol–water partition coefficient (Wildman–Crippen LogP) is 2.03. The van der Waals surface area contributed by atoms with Gasteiger partial charge in [-0.05, 0) is 44.1 Å². The van der Waals surface area contributed by atoms with Gasteiger partial charge in [0.15, 0.2) is 11.5 Å². The molecule has 1 atom stereocenters. The van der Waals surface area contributed by atoms with Gasteiger partial charge in [0.25, 0.3) is 0 Å². The molecular weight excluding hydrogens is 252 g/mol. The Morgan fingerprint density at radius 2 is 2.05 bits per heavy atom. The number of nitrogens with zero attached hydrogens (tertiary/aromatic N) is 1. The molecule has 20 heavy (non-hydrogen) atoms. The van der Waals surface area contributed by atoms with E-state index in [0.717, 1.165) is 44.2 Å². The number of hydrogen-bond acceptors (Lipinski definition) is 4. The molecular formula is C16H24N2O2. The fraction of sp³-hybridized carbons (Fsp3) is 0.625. The van der Waals surface area contributed by atoms with E-state index in [-0.39, 0.29) is 0 Å². The fourth-order valence-electron chi connectivity index (χ4n) is 3.00. The zero-order valence-corrected chi connectivity index (χ0v) is 12.2. The van der Waals surface area contributed by atoms with Gasteiger partial charge in [-0.2, -0.15) is 0 Å². The Morgan fingerprint density at radius 3 is 2.90 bits per heavy atom. The Balaban J connectivity index is 1.66. The first-order valence-electron chi connectivity index (χ1n) is 7.63. The molecule has 0 aliphatic carbocycles. The number of likely N-dealkylation sites (tertiary alicyclic amines) is 1. The molecule has 1 aromatic carbocycles. The molecule has 2 aliphatic heterocycles. The molecule has 4 nitrogen and oxygen atoms in total. The summed E-state index contributed by atoms with van der Waals surface area (Å²) in [6.45, 7) is 4.82. The van der Waals surface area contributed by atoms with E-state index in [4.69, 9.17) is 9.47 Å². The minimum atomic E-state index is 0.629. The molecule has 0 amide bonds. The third-order valence-electron chi connectivity index (χ3n) is 4.13. The van der Waals surface area contributed by atoms with E-state index < -0.39 is 0 Å². The lowest BCUT2D eigenvalue weighted by Crippen LogP contribution is -2.43. The highest BCUT2D eigenvalue weighted by atomic mass is 16.5. The molecule has 1 saturated heterocycles. The summed E-state index contributed by atoms with van der Waals surface area (Å²) in [4.78, 5) is 2.52. The molecule has 1 aromatic rings. The van der Waals surface area contributed by atoms with Crippen molar-refractivity contribution < 1.29 is 9.47 Å². The van der Waals surface area contributed by atoms with Crippen LogP contribution in [0.25, 0.3) is 0 Å². The second-order valence-corrected chi connectivity index (χ2v) is 5.69. The van der Waals surface area contributed by atoms with Crippen LogP contribution in [0.2, 0.25) is 0 Å². The van der Waals surface area contributed by atoms with E-state index in [0.29, 0.717) is 6.04 Å². The zero-order chi connectivity index (χ0) is 13.8. The smallest absolute Gasteiger partial charge is 0.161 e. The Bertz CT molecular complexity index is 450. The zero-order valence-electron chi connectivity index (χ0n) is 12.2. The first kappa shape index (κ1) is 13.7. The van der Waals surface area contributed by atoms with Crippen molar-refractivity contribution in [3.05, 3.63) is 23.8 Å². The Hall–Kier alpha value is -1.26. The molecule has 2 aliphatic rings. The third-order valence-corrected chi connectivity index (χ3v) is 4.13. The van der Waals surface area contributed by atoms with Crippen LogP contribution in [0.4, 0.5) is 0 Å². The van der Waals surface area contributed by atoms with Crippen molar-refractivity contribution in [1.29, 1.82) is 0 Å². The highest BCUT2D eigenvalue weighted by Crippen LogP contribution is 2.31. The molecule has 2 heterocycles. The summed E-state index contributed by atoms with van der Waals surface area (Å²) in [7, 11) is 2.06. The number of hydrogen-bond donors (Lipinski definition) is 1. The van der Waals surface area contributed by atoms with Gasteiger partial charge >= 0.3 is 0 Å². The van der Waals surface area contributed by atoms with Crippen molar-refractivity contribution in [1.82, 2.24) is 10.2 Å². The van der Waals surface area contributed by atoms with Gasteiger partial charge < -0.3 is 14.8 Å². The molecule has 1 N–H and O–H groups in total. The van der Waals surface area contributed by atoms with Gasteiger partial charge in [0.2, 0.25) is 0 Å². The molecule has 0 bridgehead atoms. The van der Waals surface area contributed by atoms with E-state index >= 15 is 0 Å². The minimum absolute atomic E-state index is 0.629. The first-order valence-corrected chi connectivity index (χ1v) is 7.63. The van der Waals surface area contributed by atoms with Crippen LogP contribution in [0.1, 0.15) is 24.8 Å². The Labute approximate surface area is 121 Å². The number of benzene rings is 1. The average Bonchev–Trinajstić information content (AvgIpc) is 2.72. The number of rotatable bonds is 3. The largest absolute Gasteiger partial charge is 0.490 e. The molecule has 0 aromatic heterocycles. The van der Waals surface area contributed by atoms with E-state index in [1.54, 1.807) is 0 Å². The molecule has 0 spiro atoms. The summed E-state index contributed by atoms with van der Waals surface area (Å²) in [5.41, 5.74) is 1.31. The van der Waals surface area contributed by atoms with Crippen molar-refractivity contribution in [3.63, 3.8) is 0 Å². The van der Waals surface area contributed by atoms with Crippen LogP contribution in [-0.2, 0) is 6.54 Å². The first-order chi connectivity index (χ1) is 9.85. The van der Waals surface area contributed by atoms with E-state index in [9.17, 15) is 0 Å². The van der Waals surface area contributed by atoms with Crippen molar-refractivity contribution in [3.8, 4) is 11.5 Å². The van der Waals surface area contributed by atoms with E-state index in [1.807, 2.05) is 0 Å². The molecule has 1 unspecified atom stereocenters. The van der Waals surface area contributed by atoms with Crippen molar-refractivity contribution in [2.75, 3.05) is 33.4 Å². The minimum Gasteiger partial charge on any atom is -0.490 e. The van der Waals surface area contributed by atoms with Crippen molar-refractivity contribution >= 4 is 0 Å². The number of nitrogens with one attached hydrogen (secondary N) is 1. The van der Waals surface area contributed by atoms with Gasteiger partial charge in [-0.15, -0.1) is 0 Å². The summed E-state index contributed by atoms with van der Waals surface area (Å²) >= 11 is 0. The van der Waals surface area contributed by atoms with Crippen molar-refractivity contribution in [2.24, 2.45) is 0 Å². The van der Waals surface area contributed by atoms with Gasteiger partial charge in [-0.1, -0.05) is 6.07 Å². The van der Waals surface area contributed by atoms with Crippen LogP contribution >= 0.6 is 0 Å². The van der Waals surface area contributed by atoms with Crippen LogP contribution < -0.4 is 14.8 Å². The van der Waals surface area contributed by atoms with Gasteiger partial charge in [0, 0.05) is 25.6 Å². The third kappa shape index (κ3) is 3.25. The monoisotopic (exact) mass is 276 g/mol. The summed E-state index contributed by atoms with van der Waals surface area (Å²) in [6.07, 6.45) is 3.52. The van der Waals surface area contributed by atoms with Crippen LogP contribution in [0.5, 0.6) is 11.5 Å². The topological polar surface area (TPSA) is 33.7 Å². The van der Waals surface area contributed by atoms with Crippen LogP contribution in [0.3, 0.4) is 0 Å². The number of likely N-dealkylation sites (N-methyl/N-ethyl adjacent to an activating group) is 1. The van der Waals surface area contributed by atoms with Crippen LogP contribution in [0, 0.1) is 0 Å². The van der Waals surface area contributed by atoms with Gasteiger partial charge in [0.05, 0.1) is 13.2 Å². The molecule has 1 fully saturated rings. The maximum Gasteiger partial charge on any atom is 0.161 e. The number of piperidine rings is 1. The highest BCUT2D eigenvalue weighted by molar-refractivity contribution is 5.43.